The smallest absolute Gasteiger partial charge is 0.127 e. The van der Waals surface area contributed by atoms with E-state index < -0.39 is 0 Å². The Morgan fingerprint density at radius 3 is 2.95 bits per heavy atom. The van der Waals surface area contributed by atoms with E-state index in [1.807, 2.05) is 12.1 Å². The average molecular weight is 373 g/mol. The topological polar surface area (TPSA) is 21.3 Å². The maximum Gasteiger partial charge on any atom is 0.127 e. The molecule has 0 fully saturated rings. The van der Waals surface area contributed by atoms with Crippen LogP contribution in [-0.2, 0) is 13.0 Å². The Labute approximate surface area is 136 Å². The molecular weight excluding hydrogens is 361 g/mol. The second-order valence-electron chi connectivity index (χ2n) is 4.61. The molecule has 0 amide bonds. The van der Waals surface area contributed by atoms with Gasteiger partial charge in [0.05, 0.1) is 22.3 Å². The second-order valence-corrected chi connectivity index (χ2v) is 6.31. The van der Waals surface area contributed by atoms with Gasteiger partial charge >= 0.3 is 0 Å². The average Bonchev–Trinajstić information content (AvgIpc) is 2.88. The van der Waals surface area contributed by atoms with Crippen LogP contribution in [0, 0.1) is 0 Å². The van der Waals surface area contributed by atoms with Gasteiger partial charge in [0.15, 0.2) is 0 Å². The first kappa shape index (κ1) is 14.1. The Hall–Kier alpha value is -0.900. The Morgan fingerprint density at radius 2 is 2.10 bits per heavy atom. The van der Waals surface area contributed by atoms with E-state index in [0.29, 0.717) is 16.6 Å². The molecule has 0 aliphatic carbocycles. The van der Waals surface area contributed by atoms with Gasteiger partial charge in [0.2, 0.25) is 0 Å². The lowest BCUT2D eigenvalue weighted by Crippen LogP contribution is -2.02. The molecule has 20 heavy (non-hydrogen) atoms. The fraction of sp³-hybridized carbons (Fsp3) is 0.200. The normalized spacial score (nSPS) is 12.9. The highest BCUT2D eigenvalue weighted by atomic mass is 79.9. The fourth-order valence-corrected chi connectivity index (χ4v) is 3.23. The maximum atomic E-state index is 6.17. The predicted octanol–water partition coefficient (Wildman–Crippen LogP) is 5.30. The lowest BCUT2D eigenvalue weighted by Gasteiger charge is -2.12. The molecule has 0 saturated carbocycles. The third kappa shape index (κ3) is 2.76. The largest absolute Gasteiger partial charge is 0.493 e. The third-order valence-electron chi connectivity index (χ3n) is 3.25. The van der Waals surface area contributed by atoms with Crippen molar-refractivity contribution >= 4 is 44.8 Å². The number of rotatable bonds is 3. The number of benzene rings is 2. The highest BCUT2D eigenvalue weighted by Gasteiger charge is 2.17. The van der Waals surface area contributed by atoms with Crippen molar-refractivity contribution in [3.63, 3.8) is 0 Å². The van der Waals surface area contributed by atoms with Crippen molar-refractivity contribution in [1.82, 2.24) is 0 Å². The van der Waals surface area contributed by atoms with Crippen LogP contribution in [0.3, 0.4) is 0 Å². The Kier molecular flexibility index (Phi) is 4.11. The van der Waals surface area contributed by atoms with E-state index in [0.717, 1.165) is 34.5 Å². The number of fused-ring (bicyclic) bond motifs is 1. The summed E-state index contributed by atoms with van der Waals surface area (Å²) in [5.74, 6) is 0.985. The van der Waals surface area contributed by atoms with E-state index in [1.165, 1.54) is 5.56 Å². The van der Waals surface area contributed by atoms with Crippen LogP contribution in [-0.4, -0.2) is 6.61 Å². The number of hydrogen-bond acceptors (Lipinski definition) is 2. The maximum absolute atomic E-state index is 6.17. The van der Waals surface area contributed by atoms with Crippen molar-refractivity contribution in [2.24, 2.45) is 0 Å². The van der Waals surface area contributed by atoms with Crippen molar-refractivity contribution in [2.45, 2.75) is 13.0 Å². The standard InChI is InChI=1S/C15H12BrCl2NO/c16-11-6-9-4-5-20-15(9)10(7-11)8-19-13-3-1-2-12(17)14(13)18/h1-3,6-7,19H,4-5,8H2. The zero-order chi connectivity index (χ0) is 14.1. The van der Waals surface area contributed by atoms with Crippen LogP contribution in [0.1, 0.15) is 11.1 Å². The van der Waals surface area contributed by atoms with Gasteiger partial charge in [-0.2, -0.15) is 0 Å². The zero-order valence-electron chi connectivity index (χ0n) is 10.6. The second kappa shape index (κ2) is 5.84. The van der Waals surface area contributed by atoms with E-state index in [9.17, 15) is 0 Å². The van der Waals surface area contributed by atoms with Gasteiger partial charge in [-0.1, -0.05) is 45.2 Å². The van der Waals surface area contributed by atoms with Crippen LogP contribution < -0.4 is 10.1 Å². The van der Waals surface area contributed by atoms with E-state index in [1.54, 1.807) is 6.07 Å². The van der Waals surface area contributed by atoms with E-state index >= 15 is 0 Å². The number of ether oxygens (including phenoxy) is 1. The van der Waals surface area contributed by atoms with E-state index in [2.05, 4.69) is 33.4 Å². The summed E-state index contributed by atoms with van der Waals surface area (Å²) in [5.41, 5.74) is 3.18. The molecular formula is C15H12BrCl2NO. The minimum absolute atomic E-state index is 0.543. The summed E-state index contributed by atoms with van der Waals surface area (Å²) in [6.45, 7) is 1.39. The molecule has 0 unspecified atom stereocenters. The van der Waals surface area contributed by atoms with Crippen molar-refractivity contribution in [3.8, 4) is 5.75 Å². The highest BCUT2D eigenvalue weighted by Crippen LogP contribution is 2.34. The fourth-order valence-electron chi connectivity index (χ4n) is 2.31. The summed E-state index contributed by atoms with van der Waals surface area (Å²) >= 11 is 15.7. The molecule has 0 atom stereocenters. The minimum Gasteiger partial charge on any atom is -0.493 e. The number of halogens is 3. The number of anilines is 1. The molecule has 1 aliphatic heterocycles. The van der Waals surface area contributed by atoms with Gasteiger partial charge in [-0.3, -0.25) is 0 Å². The lowest BCUT2D eigenvalue weighted by atomic mass is 10.1. The van der Waals surface area contributed by atoms with Crippen molar-refractivity contribution in [1.29, 1.82) is 0 Å². The molecule has 1 aliphatic rings. The first-order valence-corrected chi connectivity index (χ1v) is 7.82. The van der Waals surface area contributed by atoms with E-state index in [4.69, 9.17) is 27.9 Å². The molecule has 0 bridgehead atoms. The molecule has 0 radical (unpaired) electrons. The molecule has 2 nitrogen and oxygen atoms in total. The number of nitrogens with one attached hydrogen (secondary N) is 1. The quantitative estimate of drug-likeness (QED) is 0.788. The van der Waals surface area contributed by atoms with Crippen molar-refractivity contribution in [3.05, 3.63) is 56.0 Å². The summed E-state index contributed by atoms with van der Waals surface area (Å²) in [6, 6.07) is 9.73. The van der Waals surface area contributed by atoms with Crippen molar-refractivity contribution < 1.29 is 4.74 Å². The SMILES string of the molecule is Clc1cccc(NCc2cc(Br)cc3c2OCC3)c1Cl. The molecule has 5 heteroatoms. The molecule has 0 aromatic heterocycles. The third-order valence-corrected chi connectivity index (χ3v) is 4.52. The van der Waals surface area contributed by atoms with Gasteiger partial charge in [-0.05, 0) is 29.8 Å². The van der Waals surface area contributed by atoms with E-state index in [-0.39, 0.29) is 0 Å². The summed E-state index contributed by atoms with van der Waals surface area (Å²) in [7, 11) is 0. The summed E-state index contributed by atoms with van der Waals surface area (Å²) < 4.78 is 6.77. The van der Waals surface area contributed by atoms with Crippen molar-refractivity contribution in [2.75, 3.05) is 11.9 Å². The van der Waals surface area contributed by atoms with Crippen LogP contribution in [0.15, 0.2) is 34.8 Å². The van der Waals surface area contributed by atoms with Crippen LogP contribution in [0.4, 0.5) is 5.69 Å². The van der Waals surface area contributed by atoms with Gasteiger partial charge in [0, 0.05) is 23.0 Å². The van der Waals surface area contributed by atoms with Gasteiger partial charge in [-0.25, -0.2) is 0 Å². The van der Waals surface area contributed by atoms with Gasteiger partial charge in [0.25, 0.3) is 0 Å². The summed E-state index contributed by atoms with van der Waals surface area (Å²) in [5, 5.41) is 4.40. The van der Waals surface area contributed by atoms with Crippen LogP contribution >= 0.6 is 39.1 Å². The Balaban J connectivity index is 1.84. The molecule has 1 heterocycles. The summed E-state index contributed by atoms with van der Waals surface area (Å²) in [4.78, 5) is 0. The molecule has 0 spiro atoms. The highest BCUT2D eigenvalue weighted by molar-refractivity contribution is 9.10. The number of hydrogen-bond donors (Lipinski definition) is 1. The Morgan fingerprint density at radius 1 is 1.25 bits per heavy atom. The first-order valence-electron chi connectivity index (χ1n) is 6.27. The van der Waals surface area contributed by atoms with Gasteiger partial charge in [0.1, 0.15) is 5.75 Å². The molecule has 2 aromatic rings. The van der Waals surface area contributed by atoms with Crippen LogP contribution in [0.2, 0.25) is 10.0 Å². The molecule has 3 rings (SSSR count). The minimum atomic E-state index is 0.543. The molecule has 104 valence electrons. The molecule has 1 N–H and O–H groups in total. The van der Waals surface area contributed by atoms with Crippen LogP contribution in [0.5, 0.6) is 5.75 Å². The molecule has 0 saturated heterocycles. The zero-order valence-corrected chi connectivity index (χ0v) is 13.6. The van der Waals surface area contributed by atoms with Gasteiger partial charge < -0.3 is 10.1 Å². The van der Waals surface area contributed by atoms with Gasteiger partial charge in [-0.15, -0.1) is 0 Å². The van der Waals surface area contributed by atoms with Crippen LogP contribution in [0.25, 0.3) is 0 Å². The monoisotopic (exact) mass is 371 g/mol. The first-order chi connectivity index (χ1) is 9.65. The predicted molar refractivity (Wildman–Crippen MR) is 87.1 cm³/mol. The molecule has 2 aromatic carbocycles. The lowest BCUT2D eigenvalue weighted by molar-refractivity contribution is 0.354. The Bertz CT molecular complexity index is 661. The summed E-state index contributed by atoms with van der Waals surface area (Å²) in [6.07, 6.45) is 0.958.